The smallest absolute Gasteiger partial charge is 0.320 e. The standard InChI is InChI=1S/C14H20O7/c1-14(2)20-8-6-5-7(10(15)11(8)21-14)9(12(16)18-3)13(17)19-4/h5-11,15H,1-4H3/t7-,8-,10-,11-/m1/s1. The molecule has 0 amide bonds. The molecule has 0 aromatic rings. The second kappa shape index (κ2) is 5.75. The Morgan fingerprint density at radius 1 is 1.14 bits per heavy atom. The SMILES string of the molecule is COC(=O)C(C(=O)OC)[C@H]1C=C[C@H]2OC(C)(C)O[C@H]2[C@@H]1O. The largest absolute Gasteiger partial charge is 0.468 e. The van der Waals surface area contributed by atoms with Crippen molar-refractivity contribution in [2.45, 2.75) is 37.9 Å². The highest BCUT2D eigenvalue weighted by Gasteiger charge is 2.51. The van der Waals surface area contributed by atoms with Crippen LogP contribution in [-0.4, -0.2) is 55.4 Å². The zero-order valence-electron chi connectivity index (χ0n) is 12.4. The van der Waals surface area contributed by atoms with Crippen molar-refractivity contribution in [1.82, 2.24) is 0 Å². The predicted octanol–water partition coefficient (Wildman–Crippen LogP) is 0.0156. The predicted molar refractivity (Wildman–Crippen MR) is 70.0 cm³/mol. The van der Waals surface area contributed by atoms with Crippen molar-refractivity contribution in [2.24, 2.45) is 11.8 Å². The van der Waals surface area contributed by atoms with Crippen molar-refractivity contribution in [2.75, 3.05) is 14.2 Å². The van der Waals surface area contributed by atoms with Gasteiger partial charge in [-0.25, -0.2) is 0 Å². The lowest BCUT2D eigenvalue weighted by Gasteiger charge is -2.33. The quantitative estimate of drug-likeness (QED) is 0.446. The molecule has 0 bridgehead atoms. The van der Waals surface area contributed by atoms with Crippen molar-refractivity contribution < 1.29 is 33.6 Å². The molecule has 0 aromatic heterocycles. The molecule has 1 aliphatic heterocycles. The van der Waals surface area contributed by atoms with Gasteiger partial charge in [-0.1, -0.05) is 12.2 Å². The lowest BCUT2D eigenvalue weighted by molar-refractivity contribution is -0.169. The molecule has 2 rings (SSSR count). The lowest BCUT2D eigenvalue weighted by atomic mass is 9.80. The molecule has 1 fully saturated rings. The zero-order chi connectivity index (χ0) is 15.8. The molecule has 0 aromatic carbocycles. The number of hydrogen-bond acceptors (Lipinski definition) is 7. The molecule has 1 aliphatic carbocycles. The normalized spacial score (nSPS) is 33.6. The summed E-state index contributed by atoms with van der Waals surface area (Å²) in [5, 5.41) is 10.5. The van der Waals surface area contributed by atoms with Crippen molar-refractivity contribution >= 4 is 11.9 Å². The van der Waals surface area contributed by atoms with Crippen molar-refractivity contribution in [3.8, 4) is 0 Å². The number of aliphatic hydroxyl groups excluding tert-OH is 1. The molecule has 0 spiro atoms. The number of ether oxygens (including phenoxy) is 4. The van der Waals surface area contributed by atoms with Crippen molar-refractivity contribution in [3.05, 3.63) is 12.2 Å². The second-order valence-electron chi connectivity index (χ2n) is 5.54. The average molecular weight is 300 g/mol. The number of hydrogen-bond donors (Lipinski definition) is 1. The Morgan fingerprint density at radius 3 is 2.24 bits per heavy atom. The molecule has 118 valence electrons. The van der Waals surface area contributed by atoms with Crippen LogP contribution in [0.5, 0.6) is 0 Å². The number of rotatable bonds is 3. The maximum Gasteiger partial charge on any atom is 0.320 e. The van der Waals surface area contributed by atoms with E-state index >= 15 is 0 Å². The second-order valence-corrected chi connectivity index (χ2v) is 5.54. The summed E-state index contributed by atoms with van der Waals surface area (Å²) in [6.07, 6.45) is 1.13. The van der Waals surface area contributed by atoms with E-state index < -0.39 is 47.9 Å². The Balaban J connectivity index is 2.26. The Morgan fingerprint density at radius 2 is 1.71 bits per heavy atom. The van der Waals surface area contributed by atoms with E-state index in [1.807, 2.05) is 0 Å². The molecule has 1 N–H and O–H groups in total. The van der Waals surface area contributed by atoms with Gasteiger partial charge < -0.3 is 24.1 Å². The number of fused-ring (bicyclic) bond motifs is 1. The van der Waals surface area contributed by atoms with E-state index in [9.17, 15) is 14.7 Å². The molecular formula is C14H20O7. The molecule has 2 aliphatic rings. The van der Waals surface area contributed by atoms with Gasteiger partial charge in [-0.2, -0.15) is 0 Å². The minimum absolute atomic E-state index is 0.415. The first-order valence-corrected chi connectivity index (χ1v) is 6.68. The number of esters is 2. The fourth-order valence-electron chi connectivity index (χ4n) is 2.77. The van der Waals surface area contributed by atoms with Gasteiger partial charge in [-0.15, -0.1) is 0 Å². The van der Waals surface area contributed by atoms with E-state index in [0.717, 1.165) is 0 Å². The Labute approximate surface area is 122 Å². The van der Waals surface area contributed by atoms with Crippen LogP contribution < -0.4 is 0 Å². The van der Waals surface area contributed by atoms with Crippen LogP contribution in [0.1, 0.15) is 13.8 Å². The van der Waals surface area contributed by atoms with Gasteiger partial charge in [0.05, 0.1) is 20.3 Å². The molecule has 21 heavy (non-hydrogen) atoms. The topological polar surface area (TPSA) is 91.3 Å². The van der Waals surface area contributed by atoms with Gasteiger partial charge in [0, 0.05) is 5.92 Å². The molecule has 0 saturated carbocycles. The summed E-state index contributed by atoms with van der Waals surface area (Å²) in [6, 6.07) is 0. The molecule has 7 nitrogen and oxygen atoms in total. The molecule has 1 saturated heterocycles. The molecule has 7 heteroatoms. The summed E-state index contributed by atoms with van der Waals surface area (Å²) < 4.78 is 20.5. The van der Waals surface area contributed by atoms with Gasteiger partial charge in [-0.3, -0.25) is 9.59 Å². The number of aliphatic hydroxyl groups is 1. The van der Waals surface area contributed by atoms with Gasteiger partial charge >= 0.3 is 11.9 Å². The van der Waals surface area contributed by atoms with Crippen LogP contribution in [0.4, 0.5) is 0 Å². The van der Waals surface area contributed by atoms with Crippen LogP contribution in [0.2, 0.25) is 0 Å². The van der Waals surface area contributed by atoms with Gasteiger partial charge in [0.2, 0.25) is 0 Å². The van der Waals surface area contributed by atoms with Gasteiger partial charge in [0.1, 0.15) is 12.2 Å². The van der Waals surface area contributed by atoms with E-state index in [1.54, 1.807) is 26.0 Å². The first kappa shape index (κ1) is 15.9. The van der Waals surface area contributed by atoms with E-state index in [-0.39, 0.29) is 0 Å². The third-order valence-corrected chi connectivity index (χ3v) is 3.71. The lowest BCUT2D eigenvalue weighted by Crippen LogP contribution is -2.48. The number of methoxy groups -OCH3 is 2. The van der Waals surface area contributed by atoms with Crippen LogP contribution in [-0.2, 0) is 28.5 Å². The van der Waals surface area contributed by atoms with Gasteiger partial charge in [0.15, 0.2) is 11.7 Å². The van der Waals surface area contributed by atoms with Crippen LogP contribution >= 0.6 is 0 Å². The van der Waals surface area contributed by atoms with Crippen LogP contribution in [0.15, 0.2) is 12.2 Å². The molecule has 0 radical (unpaired) electrons. The minimum Gasteiger partial charge on any atom is -0.468 e. The highest BCUT2D eigenvalue weighted by atomic mass is 16.8. The summed E-state index contributed by atoms with van der Waals surface area (Å²) in [5.41, 5.74) is 0. The molecule has 4 atom stereocenters. The number of carbonyl (C=O) groups is 2. The molecule has 1 heterocycles. The summed E-state index contributed by atoms with van der Waals surface area (Å²) >= 11 is 0. The van der Waals surface area contributed by atoms with Gasteiger partial charge in [-0.05, 0) is 13.8 Å². The first-order valence-electron chi connectivity index (χ1n) is 6.68. The number of carbonyl (C=O) groups excluding carboxylic acids is 2. The monoisotopic (exact) mass is 300 g/mol. The van der Waals surface area contributed by atoms with Crippen LogP contribution in [0.25, 0.3) is 0 Å². The van der Waals surface area contributed by atoms with E-state index in [1.165, 1.54) is 14.2 Å². The fourth-order valence-corrected chi connectivity index (χ4v) is 2.77. The first-order chi connectivity index (χ1) is 9.80. The summed E-state index contributed by atoms with van der Waals surface area (Å²) in [5.74, 6) is -4.37. The molecule has 0 unspecified atom stereocenters. The Hall–Kier alpha value is -1.44. The average Bonchev–Trinajstić information content (AvgIpc) is 2.76. The van der Waals surface area contributed by atoms with E-state index in [0.29, 0.717) is 0 Å². The maximum absolute atomic E-state index is 11.8. The Bertz CT molecular complexity index is 440. The minimum atomic E-state index is -1.24. The van der Waals surface area contributed by atoms with E-state index in [4.69, 9.17) is 9.47 Å². The summed E-state index contributed by atoms with van der Waals surface area (Å²) in [7, 11) is 2.36. The molecular weight excluding hydrogens is 280 g/mol. The van der Waals surface area contributed by atoms with Crippen LogP contribution in [0, 0.1) is 11.8 Å². The van der Waals surface area contributed by atoms with Crippen molar-refractivity contribution in [1.29, 1.82) is 0 Å². The summed E-state index contributed by atoms with van der Waals surface area (Å²) in [4.78, 5) is 23.7. The highest BCUT2D eigenvalue weighted by molar-refractivity contribution is 5.95. The maximum atomic E-state index is 11.8. The van der Waals surface area contributed by atoms with Crippen LogP contribution in [0.3, 0.4) is 0 Å². The third kappa shape index (κ3) is 2.95. The van der Waals surface area contributed by atoms with Gasteiger partial charge in [0.25, 0.3) is 0 Å². The zero-order valence-corrected chi connectivity index (χ0v) is 12.4. The Kier molecular flexibility index (Phi) is 4.36. The van der Waals surface area contributed by atoms with E-state index in [2.05, 4.69) is 9.47 Å². The third-order valence-electron chi connectivity index (χ3n) is 3.71. The van der Waals surface area contributed by atoms with Crippen molar-refractivity contribution in [3.63, 3.8) is 0 Å². The summed E-state index contributed by atoms with van der Waals surface area (Å²) in [6.45, 7) is 3.47. The fraction of sp³-hybridized carbons (Fsp3) is 0.714. The highest BCUT2D eigenvalue weighted by Crippen LogP contribution is 2.38.